The maximum Gasteiger partial charge on any atom is 0.241 e. The standard InChI is InChI=1S/C15H19N2/c1-4-15-10-5-6-11-17(15,16-15)14-12(2)8-7-9-13(14)3/h5-11,16H,4H2,1-3H3/q+1. The zero-order valence-electron chi connectivity index (χ0n) is 10.7. The fraction of sp³-hybridized carbons (Fsp3) is 0.333. The molecular formula is C15H19N2+. The molecule has 0 amide bonds. The van der Waals surface area contributed by atoms with Gasteiger partial charge in [-0.2, -0.15) is 4.59 Å². The molecule has 1 saturated heterocycles. The fourth-order valence-corrected chi connectivity index (χ4v) is 3.14. The SMILES string of the molecule is CCC12C=CC=C[N+]1(c1c(C)cccc1C)N2. The van der Waals surface area contributed by atoms with Gasteiger partial charge < -0.3 is 0 Å². The second-order valence-electron chi connectivity index (χ2n) is 5.05. The van der Waals surface area contributed by atoms with Gasteiger partial charge in [0.15, 0.2) is 5.69 Å². The van der Waals surface area contributed by atoms with E-state index in [-0.39, 0.29) is 5.66 Å². The molecule has 1 N–H and O–H groups in total. The van der Waals surface area contributed by atoms with Gasteiger partial charge in [-0.15, -0.1) is 0 Å². The van der Waals surface area contributed by atoms with Gasteiger partial charge in [0.25, 0.3) is 0 Å². The number of nitrogens with one attached hydrogen (secondary N) is 1. The molecule has 1 aromatic carbocycles. The third-order valence-electron chi connectivity index (χ3n) is 4.07. The van der Waals surface area contributed by atoms with Crippen molar-refractivity contribution >= 4 is 5.69 Å². The van der Waals surface area contributed by atoms with Gasteiger partial charge in [-0.05, 0) is 26.0 Å². The summed E-state index contributed by atoms with van der Waals surface area (Å²) in [5.41, 5.74) is 7.86. The monoisotopic (exact) mass is 227 g/mol. The van der Waals surface area contributed by atoms with Gasteiger partial charge >= 0.3 is 0 Å². The van der Waals surface area contributed by atoms with E-state index in [1.807, 2.05) is 0 Å². The third-order valence-corrected chi connectivity index (χ3v) is 4.07. The lowest BCUT2D eigenvalue weighted by atomic mass is 10.0. The normalized spacial score (nSPS) is 33.6. The minimum Gasteiger partial charge on any atom is -0.157 e. The van der Waals surface area contributed by atoms with Crippen LogP contribution in [-0.4, -0.2) is 5.66 Å². The Balaban J connectivity index is 2.18. The summed E-state index contributed by atoms with van der Waals surface area (Å²) < 4.78 is 0.790. The van der Waals surface area contributed by atoms with Gasteiger partial charge in [-0.25, -0.2) is 0 Å². The molecular weight excluding hydrogens is 208 g/mol. The molecule has 2 aliphatic heterocycles. The molecule has 0 radical (unpaired) electrons. The molecule has 1 aromatic rings. The summed E-state index contributed by atoms with van der Waals surface area (Å²) >= 11 is 0. The maximum absolute atomic E-state index is 3.67. The Kier molecular flexibility index (Phi) is 2.09. The van der Waals surface area contributed by atoms with Crippen LogP contribution in [0.4, 0.5) is 5.69 Å². The first-order valence-electron chi connectivity index (χ1n) is 6.27. The van der Waals surface area contributed by atoms with Gasteiger partial charge in [0.1, 0.15) is 6.20 Å². The smallest absolute Gasteiger partial charge is 0.157 e. The van der Waals surface area contributed by atoms with Gasteiger partial charge in [-0.1, -0.05) is 36.6 Å². The number of rotatable bonds is 2. The summed E-state index contributed by atoms with van der Waals surface area (Å²) in [5, 5.41) is 0. The first kappa shape index (κ1) is 10.8. The summed E-state index contributed by atoms with van der Waals surface area (Å²) in [6.07, 6.45) is 9.94. The number of aryl methyl sites for hydroxylation is 2. The summed E-state index contributed by atoms with van der Waals surface area (Å²) in [5.74, 6) is 0. The Hall–Kier alpha value is -1.38. The largest absolute Gasteiger partial charge is 0.241 e. The van der Waals surface area contributed by atoms with E-state index in [0.717, 1.165) is 11.0 Å². The van der Waals surface area contributed by atoms with Gasteiger partial charge in [0, 0.05) is 17.5 Å². The van der Waals surface area contributed by atoms with E-state index in [9.17, 15) is 0 Å². The summed E-state index contributed by atoms with van der Waals surface area (Å²) in [7, 11) is 0. The van der Waals surface area contributed by atoms with Crippen LogP contribution in [0.2, 0.25) is 0 Å². The number of fused-ring (bicyclic) bond motifs is 1. The Morgan fingerprint density at radius 2 is 1.88 bits per heavy atom. The van der Waals surface area contributed by atoms with E-state index in [2.05, 4.69) is 68.8 Å². The molecule has 2 unspecified atom stereocenters. The quantitative estimate of drug-likeness (QED) is 0.607. The molecule has 2 atom stereocenters. The number of hydrogen-bond acceptors (Lipinski definition) is 1. The predicted molar refractivity (Wildman–Crippen MR) is 72.1 cm³/mol. The number of benzene rings is 1. The van der Waals surface area contributed by atoms with Crippen molar-refractivity contribution < 1.29 is 0 Å². The summed E-state index contributed by atoms with van der Waals surface area (Å²) in [6.45, 7) is 6.63. The molecule has 1 fully saturated rings. The van der Waals surface area contributed by atoms with Crippen molar-refractivity contribution in [1.29, 1.82) is 0 Å². The first-order valence-corrected chi connectivity index (χ1v) is 6.27. The van der Waals surface area contributed by atoms with Crippen LogP contribution in [0, 0.1) is 13.8 Å². The highest BCUT2D eigenvalue weighted by molar-refractivity contribution is 5.64. The van der Waals surface area contributed by atoms with E-state index in [0.29, 0.717) is 0 Å². The number of para-hydroxylation sites is 1. The maximum atomic E-state index is 3.67. The van der Waals surface area contributed by atoms with Crippen LogP contribution in [0.25, 0.3) is 0 Å². The summed E-state index contributed by atoms with van der Waals surface area (Å²) in [6, 6.07) is 6.52. The van der Waals surface area contributed by atoms with Crippen molar-refractivity contribution in [3.05, 3.63) is 53.8 Å². The fourth-order valence-electron chi connectivity index (χ4n) is 3.14. The van der Waals surface area contributed by atoms with Crippen LogP contribution in [0.15, 0.2) is 42.6 Å². The van der Waals surface area contributed by atoms with Crippen molar-refractivity contribution in [2.45, 2.75) is 32.9 Å². The lowest BCUT2D eigenvalue weighted by molar-refractivity contribution is 0.534. The number of allylic oxidation sites excluding steroid dienone is 2. The van der Waals surface area contributed by atoms with Crippen LogP contribution in [-0.2, 0) is 0 Å². The Bertz CT molecular complexity index is 509. The average Bonchev–Trinajstić information content (AvgIpc) is 2.99. The van der Waals surface area contributed by atoms with E-state index in [4.69, 9.17) is 0 Å². The Labute approximate surface area is 103 Å². The Morgan fingerprint density at radius 3 is 2.53 bits per heavy atom. The number of nitrogens with zero attached hydrogens (tertiary/aromatic N) is 1. The van der Waals surface area contributed by atoms with Crippen molar-refractivity contribution in [3.63, 3.8) is 0 Å². The van der Waals surface area contributed by atoms with Crippen molar-refractivity contribution in [2.24, 2.45) is 0 Å². The molecule has 0 aliphatic carbocycles. The molecule has 17 heavy (non-hydrogen) atoms. The molecule has 3 rings (SSSR count). The molecule has 2 heterocycles. The molecule has 88 valence electrons. The van der Waals surface area contributed by atoms with E-state index in [1.165, 1.54) is 16.8 Å². The van der Waals surface area contributed by atoms with Crippen molar-refractivity contribution in [2.75, 3.05) is 0 Å². The van der Waals surface area contributed by atoms with E-state index < -0.39 is 0 Å². The minimum absolute atomic E-state index is 0.0889. The second kappa shape index (κ2) is 3.31. The Morgan fingerprint density at radius 1 is 1.18 bits per heavy atom. The van der Waals surface area contributed by atoms with Gasteiger partial charge in [0.05, 0.1) is 0 Å². The molecule has 0 bridgehead atoms. The molecule has 2 nitrogen and oxygen atoms in total. The zero-order valence-corrected chi connectivity index (χ0v) is 10.7. The van der Waals surface area contributed by atoms with Gasteiger partial charge in [-0.3, -0.25) is 0 Å². The summed E-state index contributed by atoms with van der Waals surface area (Å²) in [4.78, 5) is 0. The predicted octanol–water partition coefficient (Wildman–Crippen LogP) is 3.32. The molecule has 0 aromatic heterocycles. The highest BCUT2D eigenvalue weighted by atomic mass is 15.9. The van der Waals surface area contributed by atoms with Gasteiger partial charge in [0.2, 0.25) is 5.66 Å². The molecule has 2 heteroatoms. The van der Waals surface area contributed by atoms with Crippen LogP contribution in [0.3, 0.4) is 0 Å². The van der Waals surface area contributed by atoms with Crippen LogP contribution >= 0.6 is 0 Å². The van der Waals surface area contributed by atoms with Crippen LogP contribution in [0.5, 0.6) is 0 Å². The highest BCUT2D eigenvalue weighted by Crippen LogP contribution is 2.49. The minimum atomic E-state index is 0.0889. The molecule has 0 spiro atoms. The average molecular weight is 227 g/mol. The third kappa shape index (κ3) is 1.22. The highest BCUT2D eigenvalue weighted by Gasteiger charge is 2.69. The van der Waals surface area contributed by atoms with Crippen LogP contribution < -0.4 is 10.0 Å². The number of hydrogen-bond donors (Lipinski definition) is 1. The topological polar surface area (TPSA) is 21.9 Å². The molecule has 2 aliphatic rings. The number of quaternary nitrogens is 1. The lowest BCUT2D eigenvalue weighted by Gasteiger charge is -2.21. The van der Waals surface area contributed by atoms with Crippen molar-refractivity contribution in [1.82, 2.24) is 10.0 Å². The first-order chi connectivity index (χ1) is 8.15. The van der Waals surface area contributed by atoms with E-state index >= 15 is 0 Å². The van der Waals surface area contributed by atoms with E-state index in [1.54, 1.807) is 0 Å². The van der Waals surface area contributed by atoms with Crippen LogP contribution in [0.1, 0.15) is 24.5 Å². The van der Waals surface area contributed by atoms with Crippen molar-refractivity contribution in [3.8, 4) is 0 Å². The zero-order chi connectivity index (χ0) is 12.1. The lowest BCUT2D eigenvalue weighted by Crippen LogP contribution is -2.32. The molecule has 0 saturated carbocycles. The second-order valence-corrected chi connectivity index (χ2v) is 5.05.